The molecular formula is C11H16Cl2N4O. The van der Waals surface area contributed by atoms with Crippen LogP contribution in [0.5, 0.6) is 0 Å². The minimum absolute atomic E-state index is 0.104. The van der Waals surface area contributed by atoms with Crippen molar-refractivity contribution in [1.29, 1.82) is 0 Å². The van der Waals surface area contributed by atoms with Gasteiger partial charge >= 0.3 is 0 Å². The van der Waals surface area contributed by atoms with E-state index in [1.807, 2.05) is 13.8 Å². The number of nitrogens with one attached hydrogen (secondary N) is 2. The Balaban J connectivity index is 2.60. The average molecular weight is 291 g/mol. The second-order valence-corrected chi connectivity index (χ2v) is 5.12. The van der Waals surface area contributed by atoms with Gasteiger partial charge < -0.3 is 10.6 Å². The molecule has 1 amide bonds. The number of hydrogen-bond acceptors (Lipinski definition) is 4. The predicted octanol–water partition coefficient (Wildman–Crippen LogP) is 2.36. The third kappa shape index (κ3) is 4.66. The minimum atomic E-state index is -0.429. The fourth-order valence-corrected chi connectivity index (χ4v) is 1.50. The van der Waals surface area contributed by atoms with E-state index in [0.717, 1.165) is 0 Å². The quantitative estimate of drug-likeness (QED) is 0.874. The fraction of sp³-hybridized carbons (Fsp3) is 0.545. The maximum Gasteiger partial charge on any atom is 0.242 e. The Morgan fingerprint density at radius 2 is 2.00 bits per heavy atom. The molecule has 0 aromatic carbocycles. The van der Waals surface area contributed by atoms with E-state index in [1.165, 1.54) is 6.07 Å². The van der Waals surface area contributed by atoms with Crippen LogP contribution in [0.15, 0.2) is 6.07 Å². The van der Waals surface area contributed by atoms with E-state index >= 15 is 0 Å². The Bertz CT molecular complexity index is 426. The summed E-state index contributed by atoms with van der Waals surface area (Å²) in [7, 11) is 0. The summed E-state index contributed by atoms with van der Waals surface area (Å²) in [6.45, 7) is 6.43. The van der Waals surface area contributed by atoms with Crippen LogP contribution in [0.3, 0.4) is 0 Å². The van der Waals surface area contributed by atoms with Crippen molar-refractivity contribution in [2.45, 2.75) is 26.8 Å². The molecule has 1 atom stereocenters. The normalized spacial score (nSPS) is 12.3. The predicted molar refractivity (Wildman–Crippen MR) is 73.0 cm³/mol. The van der Waals surface area contributed by atoms with E-state index in [9.17, 15) is 4.79 Å². The van der Waals surface area contributed by atoms with Crippen molar-refractivity contribution in [1.82, 2.24) is 15.5 Å². The first-order chi connectivity index (χ1) is 8.40. The molecule has 0 aliphatic heterocycles. The molecule has 100 valence electrons. The Hall–Kier alpha value is -1.07. The number of rotatable bonds is 5. The largest absolute Gasteiger partial charge is 0.371 e. The standard InChI is InChI=1S/C11H16Cl2N4O/c1-6(2)5-14-11(18)7(3)15-8-4-9(12)16-17-10(8)13/h4,6-7H,5H2,1-3H3,(H,14,18)(H,15,16). The lowest BCUT2D eigenvalue weighted by molar-refractivity contribution is -0.121. The van der Waals surface area contributed by atoms with Crippen LogP contribution in [0, 0.1) is 5.92 Å². The van der Waals surface area contributed by atoms with Crippen LogP contribution in [0.4, 0.5) is 5.69 Å². The van der Waals surface area contributed by atoms with Crippen LogP contribution in [-0.2, 0) is 4.79 Å². The molecule has 0 radical (unpaired) electrons. The number of halogens is 2. The summed E-state index contributed by atoms with van der Waals surface area (Å²) in [4.78, 5) is 11.8. The fourth-order valence-electron chi connectivity index (χ4n) is 1.21. The van der Waals surface area contributed by atoms with Gasteiger partial charge in [0.25, 0.3) is 0 Å². The topological polar surface area (TPSA) is 66.9 Å². The molecular weight excluding hydrogens is 275 g/mol. The molecule has 18 heavy (non-hydrogen) atoms. The highest BCUT2D eigenvalue weighted by atomic mass is 35.5. The third-order valence-corrected chi connectivity index (χ3v) is 2.63. The minimum Gasteiger partial charge on any atom is -0.371 e. The van der Waals surface area contributed by atoms with E-state index in [4.69, 9.17) is 23.2 Å². The van der Waals surface area contributed by atoms with E-state index in [2.05, 4.69) is 20.8 Å². The lowest BCUT2D eigenvalue weighted by Gasteiger charge is -2.16. The number of hydrogen-bond donors (Lipinski definition) is 2. The highest BCUT2D eigenvalue weighted by Gasteiger charge is 2.15. The molecule has 1 rings (SSSR count). The van der Waals surface area contributed by atoms with Crippen LogP contribution in [0.2, 0.25) is 10.3 Å². The lowest BCUT2D eigenvalue weighted by atomic mass is 10.2. The third-order valence-electron chi connectivity index (χ3n) is 2.17. The van der Waals surface area contributed by atoms with Crippen molar-refractivity contribution in [2.24, 2.45) is 5.92 Å². The first-order valence-corrected chi connectivity index (χ1v) is 6.38. The number of amides is 1. The van der Waals surface area contributed by atoms with Crippen molar-refractivity contribution >= 4 is 34.8 Å². The number of aromatic nitrogens is 2. The zero-order valence-corrected chi connectivity index (χ0v) is 12.0. The molecule has 2 N–H and O–H groups in total. The van der Waals surface area contributed by atoms with Gasteiger partial charge in [0.2, 0.25) is 5.91 Å². The average Bonchev–Trinajstić information content (AvgIpc) is 2.30. The number of nitrogens with zero attached hydrogens (tertiary/aromatic N) is 2. The van der Waals surface area contributed by atoms with Crippen LogP contribution in [-0.4, -0.2) is 28.7 Å². The maximum atomic E-state index is 11.8. The molecule has 0 spiro atoms. The molecule has 0 saturated heterocycles. The summed E-state index contributed by atoms with van der Waals surface area (Å²) in [6.07, 6.45) is 0. The molecule has 5 nitrogen and oxygen atoms in total. The number of anilines is 1. The molecule has 0 fully saturated rings. The molecule has 0 saturated carbocycles. The Morgan fingerprint density at radius 1 is 1.33 bits per heavy atom. The Morgan fingerprint density at radius 3 is 2.61 bits per heavy atom. The summed E-state index contributed by atoms with van der Waals surface area (Å²) in [6, 6.07) is 1.10. The molecule has 7 heteroatoms. The molecule has 1 unspecified atom stereocenters. The van der Waals surface area contributed by atoms with Crippen LogP contribution < -0.4 is 10.6 Å². The van der Waals surface area contributed by atoms with Gasteiger partial charge in [-0.25, -0.2) is 0 Å². The highest BCUT2D eigenvalue weighted by Crippen LogP contribution is 2.21. The highest BCUT2D eigenvalue weighted by molar-refractivity contribution is 6.33. The zero-order valence-electron chi connectivity index (χ0n) is 10.5. The van der Waals surface area contributed by atoms with Gasteiger partial charge in [0, 0.05) is 12.6 Å². The molecule has 0 aliphatic carbocycles. The molecule has 0 aliphatic rings. The van der Waals surface area contributed by atoms with Crippen molar-refractivity contribution in [3.05, 3.63) is 16.4 Å². The second kappa shape index (κ2) is 6.75. The maximum absolute atomic E-state index is 11.8. The van der Waals surface area contributed by atoms with E-state index in [1.54, 1.807) is 6.92 Å². The van der Waals surface area contributed by atoms with Gasteiger partial charge in [0.1, 0.15) is 6.04 Å². The molecule has 0 bridgehead atoms. The van der Waals surface area contributed by atoms with E-state index < -0.39 is 6.04 Å². The van der Waals surface area contributed by atoms with Gasteiger partial charge in [0.15, 0.2) is 10.3 Å². The number of carbonyl (C=O) groups is 1. The van der Waals surface area contributed by atoms with Gasteiger partial charge in [-0.15, -0.1) is 10.2 Å². The first kappa shape index (κ1) is 15.0. The first-order valence-electron chi connectivity index (χ1n) is 5.63. The summed E-state index contributed by atoms with van der Waals surface area (Å²) < 4.78 is 0. The lowest BCUT2D eigenvalue weighted by Crippen LogP contribution is -2.39. The summed E-state index contributed by atoms with van der Waals surface area (Å²) in [5.41, 5.74) is 0.490. The molecule has 1 aromatic rings. The van der Waals surface area contributed by atoms with Crippen molar-refractivity contribution in [3.63, 3.8) is 0 Å². The van der Waals surface area contributed by atoms with Crippen LogP contribution in [0.1, 0.15) is 20.8 Å². The Labute approximate surface area is 116 Å². The summed E-state index contributed by atoms with van der Waals surface area (Å²) >= 11 is 11.6. The zero-order chi connectivity index (χ0) is 13.7. The summed E-state index contributed by atoms with van der Waals surface area (Å²) in [5, 5.41) is 13.4. The van der Waals surface area contributed by atoms with Gasteiger partial charge in [-0.1, -0.05) is 37.0 Å². The van der Waals surface area contributed by atoms with Gasteiger partial charge in [-0.05, 0) is 12.8 Å². The van der Waals surface area contributed by atoms with Gasteiger partial charge in [-0.2, -0.15) is 0 Å². The van der Waals surface area contributed by atoms with Crippen molar-refractivity contribution in [3.8, 4) is 0 Å². The smallest absolute Gasteiger partial charge is 0.242 e. The summed E-state index contributed by atoms with van der Waals surface area (Å²) in [5.74, 6) is 0.300. The van der Waals surface area contributed by atoms with Crippen LogP contribution >= 0.6 is 23.2 Å². The number of carbonyl (C=O) groups excluding carboxylic acids is 1. The molecule has 1 aromatic heterocycles. The van der Waals surface area contributed by atoms with Gasteiger partial charge in [0.05, 0.1) is 5.69 Å². The van der Waals surface area contributed by atoms with E-state index in [0.29, 0.717) is 18.2 Å². The molecule has 1 heterocycles. The van der Waals surface area contributed by atoms with E-state index in [-0.39, 0.29) is 16.2 Å². The monoisotopic (exact) mass is 290 g/mol. The SMILES string of the molecule is CC(C)CNC(=O)C(C)Nc1cc(Cl)nnc1Cl. The Kier molecular flexibility index (Phi) is 5.62. The van der Waals surface area contributed by atoms with Crippen LogP contribution in [0.25, 0.3) is 0 Å². The van der Waals surface area contributed by atoms with Crippen molar-refractivity contribution < 1.29 is 4.79 Å². The van der Waals surface area contributed by atoms with Crippen molar-refractivity contribution in [2.75, 3.05) is 11.9 Å². The van der Waals surface area contributed by atoms with Gasteiger partial charge in [-0.3, -0.25) is 4.79 Å². The second-order valence-electron chi connectivity index (χ2n) is 4.38.